The average Bonchev–Trinajstić information content (AvgIpc) is 2.24. The van der Waals surface area contributed by atoms with Gasteiger partial charge in [0.25, 0.3) is 0 Å². The Morgan fingerprint density at radius 2 is 1.44 bits per heavy atom. The highest BCUT2D eigenvalue weighted by Gasteiger charge is 2.26. The molecule has 16 heavy (non-hydrogen) atoms. The molecule has 0 aromatic rings. The summed E-state index contributed by atoms with van der Waals surface area (Å²) in [5.41, 5.74) is 0.116. The van der Waals surface area contributed by atoms with Crippen LogP contribution in [0.4, 0.5) is 0 Å². The first-order valence-corrected chi connectivity index (χ1v) is 6.50. The molecule has 0 aliphatic rings. The average molecular weight is 230 g/mol. The van der Waals surface area contributed by atoms with Crippen LogP contribution in [-0.4, -0.2) is 24.9 Å². The summed E-state index contributed by atoms with van der Waals surface area (Å²) in [4.78, 5) is 0. The fourth-order valence-electron chi connectivity index (χ4n) is 1.26. The van der Waals surface area contributed by atoms with E-state index in [9.17, 15) is 0 Å². The van der Waals surface area contributed by atoms with E-state index in [1.165, 1.54) is 0 Å². The molecule has 0 aromatic carbocycles. The van der Waals surface area contributed by atoms with Gasteiger partial charge in [-0.15, -0.1) is 0 Å². The summed E-state index contributed by atoms with van der Waals surface area (Å²) < 4.78 is 11.7. The molecule has 0 heterocycles. The highest BCUT2D eigenvalue weighted by Crippen LogP contribution is 2.25. The minimum atomic E-state index is 0.0229. The van der Waals surface area contributed by atoms with Crippen molar-refractivity contribution in [2.45, 2.75) is 73.0 Å². The van der Waals surface area contributed by atoms with Gasteiger partial charge in [-0.2, -0.15) is 0 Å². The Morgan fingerprint density at radius 1 is 0.938 bits per heavy atom. The maximum atomic E-state index is 6.05. The van der Waals surface area contributed by atoms with Crippen molar-refractivity contribution in [2.24, 2.45) is 5.41 Å². The molecule has 0 fully saturated rings. The third-order valence-corrected chi connectivity index (χ3v) is 3.11. The Kier molecular flexibility index (Phi) is 6.57. The van der Waals surface area contributed by atoms with Crippen LogP contribution in [0, 0.1) is 5.41 Å². The van der Waals surface area contributed by atoms with Gasteiger partial charge in [-0.3, -0.25) is 0 Å². The van der Waals surface area contributed by atoms with Crippen LogP contribution in [0.3, 0.4) is 0 Å². The topological polar surface area (TPSA) is 18.5 Å². The lowest BCUT2D eigenvalue weighted by Gasteiger charge is -2.33. The van der Waals surface area contributed by atoms with Crippen molar-refractivity contribution in [3.63, 3.8) is 0 Å². The Labute approximate surface area is 102 Å². The van der Waals surface area contributed by atoms with Gasteiger partial charge in [-0.1, -0.05) is 27.7 Å². The summed E-state index contributed by atoms with van der Waals surface area (Å²) in [5.74, 6) is 0. The molecule has 2 nitrogen and oxygen atoms in total. The van der Waals surface area contributed by atoms with Crippen LogP contribution in [0.2, 0.25) is 0 Å². The minimum absolute atomic E-state index is 0.0229. The van der Waals surface area contributed by atoms with Crippen molar-refractivity contribution < 1.29 is 9.47 Å². The zero-order valence-electron chi connectivity index (χ0n) is 12.2. The van der Waals surface area contributed by atoms with Crippen LogP contribution in [0.25, 0.3) is 0 Å². The van der Waals surface area contributed by atoms with Gasteiger partial charge in [0.15, 0.2) is 0 Å². The van der Waals surface area contributed by atoms with E-state index in [4.69, 9.17) is 9.47 Å². The molecule has 0 aliphatic carbocycles. The molecule has 0 unspecified atom stereocenters. The molecule has 0 saturated heterocycles. The summed E-state index contributed by atoms with van der Waals surface area (Å²) in [6, 6.07) is 0. The van der Waals surface area contributed by atoms with Gasteiger partial charge in [0, 0.05) is 5.41 Å². The lowest BCUT2D eigenvalue weighted by molar-refractivity contribution is -0.0934. The maximum Gasteiger partial charge on any atom is 0.0649 e. The standard InChI is InChI=1S/C14H30O2/c1-8-14(7,9-2)16-11-13(5,6)10-15-12(3)4/h12H,8-11H2,1-7H3. The van der Waals surface area contributed by atoms with E-state index in [1.807, 2.05) is 0 Å². The number of ether oxygens (including phenoxy) is 2. The smallest absolute Gasteiger partial charge is 0.0649 e. The van der Waals surface area contributed by atoms with Crippen molar-refractivity contribution in [1.82, 2.24) is 0 Å². The van der Waals surface area contributed by atoms with E-state index in [2.05, 4.69) is 48.5 Å². The number of hydrogen-bond donors (Lipinski definition) is 0. The van der Waals surface area contributed by atoms with E-state index >= 15 is 0 Å². The molecule has 0 aromatic heterocycles. The quantitative estimate of drug-likeness (QED) is 0.626. The van der Waals surface area contributed by atoms with Gasteiger partial charge < -0.3 is 9.47 Å². The monoisotopic (exact) mass is 230 g/mol. The Morgan fingerprint density at radius 3 is 1.81 bits per heavy atom. The molecule has 2 heteroatoms. The van der Waals surface area contributed by atoms with Crippen molar-refractivity contribution in [2.75, 3.05) is 13.2 Å². The van der Waals surface area contributed by atoms with Crippen molar-refractivity contribution in [3.05, 3.63) is 0 Å². The minimum Gasteiger partial charge on any atom is -0.378 e. The summed E-state index contributed by atoms with van der Waals surface area (Å²) in [6.07, 6.45) is 2.41. The predicted molar refractivity (Wildman–Crippen MR) is 69.8 cm³/mol. The van der Waals surface area contributed by atoms with Crippen molar-refractivity contribution >= 4 is 0 Å². The van der Waals surface area contributed by atoms with Crippen molar-refractivity contribution in [3.8, 4) is 0 Å². The Balaban J connectivity index is 4.06. The maximum absolute atomic E-state index is 6.05. The van der Waals surface area contributed by atoms with Crippen LogP contribution >= 0.6 is 0 Å². The van der Waals surface area contributed by atoms with Gasteiger partial charge in [0.2, 0.25) is 0 Å². The highest BCUT2D eigenvalue weighted by atomic mass is 16.5. The third kappa shape index (κ3) is 6.49. The van der Waals surface area contributed by atoms with Gasteiger partial charge in [0.1, 0.15) is 0 Å². The molecular formula is C14H30O2. The van der Waals surface area contributed by atoms with Crippen LogP contribution < -0.4 is 0 Å². The Bertz CT molecular complexity index is 181. The first-order chi connectivity index (χ1) is 7.24. The van der Waals surface area contributed by atoms with E-state index in [0.29, 0.717) is 6.10 Å². The Hall–Kier alpha value is -0.0800. The number of rotatable bonds is 8. The summed E-state index contributed by atoms with van der Waals surface area (Å²) in [6.45, 7) is 16.6. The first kappa shape index (κ1) is 15.9. The normalized spacial score (nSPS) is 13.5. The highest BCUT2D eigenvalue weighted by molar-refractivity contribution is 4.75. The molecule has 0 atom stereocenters. The van der Waals surface area contributed by atoms with Crippen molar-refractivity contribution in [1.29, 1.82) is 0 Å². The van der Waals surface area contributed by atoms with E-state index in [1.54, 1.807) is 0 Å². The first-order valence-electron chi connectivity index (χ1n) is 6.50. The van der Waals surface area contributed by atoms with Crippen LogP contribution in [-0.2, 0) is 9.47 Å². The molecule has 0 aliphatic heterocycles. The largest absolute Gasteiger partial charge is 0.378 e. The molecule has 0 bridgehead atoms. The van der Waals surface area contributed by atoms with E-state index in [-0.39, 0.29) is 11.0 Å². The number of hydrogen-bond acceptors (Lipinski definition) is 2. The third-order valence-electron chi connectivity index (χ3n) is 3.11. The lowest BCUT2D eigenvalue weighted by atomic mass is 9.94. The molecule has 0 radical (unpaired) electrons. The van der Waals surface area contributed by atoms with Gasteiger partial charge in [-0.05, 0) is 33.6 Å². The van der Waals surface area contributed by atoms with Crippen LogP contribution in [0.5, 0.6) is 0 Å². The fourth-order valence-corrected chi connectivity index (χ4v) is 1.26. The molecular weight excluding hydrogens is 200 g/mol. The molecule has 0 amide bonds. The van der Waals surface area contributed by atoms with Crippen LogP contribution in [0.15, 0.2) is 0 Å². The SMILES string of the molecule is CCC(C)(CC)OCC(C)(C)COC(C)C. The summed E-state index contributed by atoms with van der Waals surface area (Å²) in [7, 11) is 0. The molecule has 0 spiro atoms. The molecule has 98 valence electrons. The van der Waals surface area contributed by atoms with Crippen LogP contribution in [0.1, 0.15) is 61.3 Å². The second-order valence-corrected chi connectivity index (χ2v) is 5.97. The van der Waals surface area contributed by atoms with Gasteiger partial charge in [-0.25, -0.2) is 0 Å². The lowest BCUT2D eigenvalue weighted by Crippen LogP contribution is -2.35. The predicted octanol–water partition coefficient (Wildman–Crippen LogP) is 4.03. The molecule has 0 N–H and O–H groups in total. The summed E-state index contributed by atoms with van der Waals surface area (Å²) >= 11 is 0. The summed E-state index contributed by atoms with van der Waals surface area (Å²) in [5, 5.41) is 0. The zero-order valence-corrected chi connectivity index (χ0v) is 12.2. The second kappa shape index (κ2) is 6.61. The van der Waals surface area contributed by atoms with Gasteiger partial charge >= 0.3 is 0 Å². The zero-order chi connectivity index (χ0) is 12.8. The van der Waals surface area contributed by atoms with E-state index < -0.39 is 0 Å². The molecule has 0 rings (SSSR count). The van der Waals surface area contributed by atoms with Gasteiger partial charge in [0.05, 0.1) is 24.9 Å². The fraction of sp³-hybridized carbons (Fsp3) is 1.00. The molecule has 0 saturated carbocycles. The van der Waals surface area contributed by atoms with E-state index in [0.717, 1.165) is 26.1 Å². The second-order valence-electron chi connectivity index (χ2n) is 5.97.